The van der Waals surface area contributed by atoms with Gasteiger partial charge in [0.25, 0.3) is 0 Å². The van der Waals surface area contributed by atoms with Gasteiger partial charge in [-0.25, -0.2) is 9.37 Å². The minimum absolute atomic E-state index is 0.0654. The number of likely N-dealkylation sites (tertiary alicyclic amines) is 1. The van der Waals surface area contributed by atoms with Crippen LogP contribution in [-0.4, -0.2) is 34.5 Å². The summed E-state index contributed by atoms with van der Waals surface area (Å²) in [7, 11) is 0. The van der Waals surface area contributed by atoms with Crippen LogP contribution in [0.15, 0.2) is 36.4 Å². The van der Waals surface area contributed by atoms with E-state index in [9.17, 15) is 9.18 Å². The first kappa shape index (κ1) is 18.9. The maximum Gasteiger partial charge on any atom is 0.222 e. The van der Waals surface area contributed by atoms with Crippen molar-refractivity contribution in [3.05, 3.63) is 47.8 Å². The standard InChI is InChI=1S/C22H26FN3O2/c1-4-21(27)26-12-16-18(26)11-19(16)28-20-10-14(22(2,3)24)9-17(25-20)13-5-7-15(23)8-6-13/h5-10,16,18-19H,4,11-12,24H2,1-3H3/t16-,18-,19-/m1/s1. The lowest BCUT2D eigenvalue weighted by molar-refractivity contribution is -0.170. The Hall–Kier alpha value is -2.47. The highest BCUT2D eigenvalue weighted by Crippen LogP contribution is 2.44. The quantitative estimate of drug-likeness (QED) is 0.858. The van der Waals surface area contributed by atoms with E-state index in [2.05, 4.69) is 4.98 Å². The normalized spacial score (nSPS) is 23.5. The van der Waals surface area contributed by atoms with Gasteiger partial charge in [0.05, 0.1) is 5.69 Å². The van der Waals surface area contributed by atoms with Crippen molar-refractivity contribution in [2.24, 2.45) is 11.7 Å². The van der Waals surface area contributed by atoms with Crippen LogP contribution in [0.4, 0.5) is 4.39 Å². The van der Waals surface area contributed by atoms with Crippen molar-refractivity contribution < 1.29 is 13.9 Å². The van der Waals surface area contributed by atoms with E-state index in [0.717, 1.165) is 24.1 Å². The fourth-order valence-corrected chi connectivity index (χ4v) is 3.95. The Morgan fingerprint density at radius 2 is 2.04 bits per heavy atom. The molecule has 28 heavy (non-hydrogen) atoms. The van der Waals surface area contributed by atoms with E-state index >= 15 is 0 Å². The van der Waals surface area contributed by atoms with E-state index < -0.39 is 5.54 Å². The van der Waals surface area contributed by atoms with Gasteiger partial charge in [0, 0.05) is 48.5 Å². The molecule has 2 N–H and O–H groups in total. The molecule has 2 aliphatic rings. The van der Waals surface area contributed by atoms with Gasteiger partial charge < -0.3 is 15.4 Å². The number of nitrogens with zero attached hydrogens (tertiary/aromatic N) is 2. The number of piperidine rings is 1. The van der Waals surface area contributed by atoms with Crippen LogP contribution >= 0.6 is 0 Å². The Bertz CT molecular complexity index is 892. The van der Waals surface area contributed by atoms with E-state index in [4.69, 9.17) is 10.5 Å². The minimum atomic E-state index is -0.557. The van der Waals surface area contributed by atoms with Crippen molar-refractivity contribution in [1.82, 2.24) is 9.88 Å². The molecule has 0 unspecified atom stereocenters. The zero-order valence-electron chi connectivity index (χ0n) is 16.5. The van der Waals surface area contributed by atoms with Gasteiger partial charge in [0.1, 0.15) is 11.9 Å². The molecule has 148 valence electrons. The summed E-state index contributed by atoms with van der Waals surface area (Å²) in [6.45, 7) is 6.51. The predicted octanol–water partition coefficient (Wildman–Crippen LogP) is 3.47. The number of hydrogen-bond donors (Lipinski definition) is 1. The second-order valence-electron chi connectivity index (χ2n) is 8.33. The van der Waals surface area contributed by atoms with Crippen molar-refractivity contribution in [2.75, 3.05) is 6.54 Å². The fourth-order valence-electron chi connectivity index (χ4n) is 3.95. The van der Waals surface area contributed by atoms with E-state index in [-0.39, 0.29) is 17.8 Å². The number of carbonyl (C=O) groups is 1. The van der Waals surface area contributed by atoms with Crippen LogP contribution in [0.25, 0.3) is 11.3 Å². The summed E-state index contributed by atoms with van der Waals surface area (Å²) in [5.41, 5.74) is 8.18. The monoisotopic (exact) mass is 383 g/mol. The van der Waals surface area contributed by atoms with Crippen molar-refractivity contribution in [1.29, 1.82) is 0 Å². The highest BCUT2D eigenvalue weighted by Gasteiger charge is 2.55. The lowest BCUT2D eigenvalue weighted by Gasteiger charge is -2.59. The fraction of sp³-hybridized carbons (Fsp3) is 0.455. The van der Waals surface area contributed by atoms with Crippen LogP contribution in [0.3, 0.4) is 0 Å². The number of pyridine rings is 1. The molecule has 1 saturated carbocycles. The second-order valence-corrected chi connectivity index (χ2v) is 8.33. The molecular formula is C22H26FN3O2. The highest BCUT2D eigenvalue weighted by atomic mass is 19.1. The van der Waals surface area contributed by atoms with Crippen LogP contribution in [0, 0.1) is 11.7 Å². The Morgan fingerprint density at radius 3 is 2.61 bits per heavy atom. The van der Waals surface area contributed by atoms with Gasteiger partial charge in [-0.3, -0.25) is 4.79 Å². The number of rotatable bonds is 5. The zero-order valence-corrected chi connectivity index (χ0v) is 16.5. The smallest absolute Gasteiger partial charge is 0.222 e. The van der Waals surface area contributed by atoms with E-state index in [1.165, 1.54) is 12.1 Å². The summed E-state index contributed by atoms with van der Waals surface area (Å²) < 4.78 is 19.5. The number of aromatic nitrogens is 1. The molecule has 1 aliphatic heterocycles. The van der Waals surface area contributed by atoms with E-state index in [1.54, 1.807) is 12.1 Å². The van der Waals surface area contributed by atoms with Gasteiger partial charge in [-0.15, -0.1) is 0 Å². The number of ether oxygens (including phenoxy) is 1. The SMILES string of the molecule is CCC(=O)N1C[C@@H]2[C@H]1C[C@H]2Oc1cc(C(C)(C)N)cc(-c2ccc(F)cc2)n1. The average molecular weight is 383 g/mol. The highest BCUT2D eigenvalue weighted by molar-refractivity contribution is 5.77. The lowest BCUT2D eigenvalue weighted by atomic mass is 9.68. The lowest BCUT2D eigenvalue weighted by Crippen LogP contribution is -2.71. The number of fused-ring (bicyclic) bond motifs is 1. The number of amides is 1. The van der Waals surface area contributed by atoms with Crippen LogP contribution in [0.2, 0.25) is 0 Å². The molecule has 5 nitrogen and oxygen atoms in total. The van der Waals surface area contributed by atoms with Gasteiger partial charge in [-0.1, -0.05) is 6.92 Å². The second kappa shape index (κ2) is 6.85. The van der Waals surface area contributed by atoms with Crippen molar-refractivity contribution in [3.63, 3.8) is 0 Å². The van der Waals surface area contributed by atoms with Crippen LogP contribution in [0.5, 0.6) is 5.88 Å². The number of nitrogens with two attached hydrogens (primary N) is 1. The summed E-state index contributed by atoms with van der Waals surface area (Å²) in [4.78, 5) is 18.4. The minimum Gasteiger partial charge on any atom is -0.474 e. The topological polar surface area (TPSA) is 68.5 Å². The van der Waals surface area contributed by atoms with E-state index in [1.807, 2.05) is 37.8 Å². The molecule has 2 aromatic rings. The third kappa shape index (κ3) is 3.37. The number of benzene rings is 1. The maximum atomic E-state index is 13.3. The number of hydrogen-bond acceptors (Lipinski definition) is 4. The third-order valence-corrected chi connectivity index (χ3v) is 5.83. The molecule has 2 fully saturated rings. The molecule has 4 rings (SSSR count). The van der Waals surface area contributed by atoms with Crippen molar-refractivity contribution in [2.45, 2.75) is 51.3 Å². The first-order valence-electron chi connectivity index (χ1n) is 9.79. The van der Waals surface area contributed by atoms with Crippen molar-refractivity contribution >= 4 is 5.91 Å². The zero-order chi connectivity index (χ0) is 20.1. The van der Waals surface area contributed by atoms with E-state index in [0.29, 0.717) is 30.0 Å². The molecule has 1 amide bonds. The molecule has 6 heteroatoms. The summed E-state index contributed by atoms with van der Waals surface area (Å²) in [5.74, 6) is 0.829. The molecule has 1 aromatic heterocycles. The average Bonchev–Trinajstić information content (AvgIpc) is 2.64. The number of carbonyl (C=O) groups excluding carboxylic acids is 1. The summed E-state index contributed by atoms with van der Waals surface area (Å²) in [5, 5.41) is 0. The first-order valence-corrected chi connectivity index (χ1v) is 9.79. The van der Waals surface area contributed by atoms with Crippen LogP contribution in [-0.2, 0) is 10.3 Å². The summed E-state index contributed by atoms with van der Waals surface area (Å²) in [6, 6.07) is 10.4. The molecule has 1 saturated heterocycles. The maximum absolute atomic E-state index is 13.3. The van der Waals surface area contributed by atoms with Gasteiger partial charge >= 0.3 is 0 Å². The predicted molar refractivity (Wildman–Crippen MR) is 105 cm³/mol. The molecule has 0 radical (unpaired) electrons. The summed E-state index contributed by atoms with van der Waals surface area (Å²) in [6.07, 6.45) is 1.45. The molecule has 2 heterocycles. The van der Waals surface area contributed by atoms with Crippen molar-refractivity contribution in [3.8, 4) is 17.1 Å². The van der Waals surface area contributed by atoms with Crippen LogP contribution < -0.4 is 10.5 Å². The molecule has 3 atom stereocenters. The number of halogens is 1. The van der Waals surface area contributed by atoms with Gasteiger partial charge in [0.2, 0.25) is 11.8 Å². The Labute approximate surface area is 164 Å². The molecule has 0 bridgehead atoms. The largest absolute Gasteiger partial charge is 0.474 e. The third-order valence-electron chi connectivity index (χ3n) is 5.83. The first-order chi connectivity index (χ1) is 13.3. The molecular weight excluding hydrogens is 357 g/mol. The Kier molecular flexibility index (Phi) is 4.62. The van der Waals surface area contributed by atoms with Crippen LogP contribution in [0.1, 0.15) is 39.2 Å². The summed E-state index contributed by atoms with van der Waals surface area (Å²) >= 11 is 0. The molecule has 1 aromatic carbocycles. The Balaban J connectivity index is 1.55. The molecule has 0 spiro atoms. The van der Waals surface area contributed by atoms with Gasteiger partial charge in [-0.2, -0.15) is 0 Å². The Morgan fingerprint density at radius 1 is 1.32 bits per heavy atom. The van der Waals surface area contributed by atoms with Gasteiger partial charge in [-0.05, 0) is 49.7 Å². The van der Waals surface area contributed by atoms with Gasteiger partial charge in [0.15, 0.2) is 0 Å². The molecule has 1 aliphatic carbocycles.